The van der Waals surface area contributed by atoms with Gasteiger partial charge in [-0.1, -0.05) is 13.8 Å². The highest BCUT2D eigenvalue weighted by Gasteiger charge is 2.30. The van der Waals surface area contributed by atoms with Crippen LogP contribution in [0.5, 0.6) is 17.2 Å². The minimum atomic E-state index is 0.132. The number of rotatable bonds is 2. The number of methoxy groups -OCH3 is 2. The van der Waals surface area contributed by atoms with Crippen LogP contribution in [0, 0.1) is 0 Å². The third-order valence-corrected chi connectivity index (χ3v) is 3.20. The second kappa shape index (κ2) is 3.89. The topological polar surface area (TPSA) is 27.7 Å². The van der Waals surface area contributed by atoms with Crippen molar-refractivity contribution in [2.24, 2.45) is 0 Å². The van der Waals surface area contributed by atoms with Crippen molar-refractivity contribution in [2.75, 3.05) is 20.8 Å². The lowest BCUT2D eigenvalue weighted by Gasteiger charge is -2.33. The molecule has 0 N–H and O–H groups in total. The van der Waals surface area contributed by atoms with Crippen molar-refractivity contribution < 1.29 is 14.2 Å². The third kappa shape index (κ3) is 1.70. The number of benzene rings is 1. The lowest BCUT2D eigenvalue weighted by atomic mass is 9.80. The number of hydrogen-bond acceptors (Lipinski definition) is 3. The van der Waals surface area contributed by atoms with Crippen LogP contribution in [0.3, 0.4) is 0 Å². The highest BCUT2D eigenvalue weighted by atomic mass is 16.5. The Labute approximate surface area is 96.3 Å². The molecule has 0 spiro atoms. The standard InChI is InChI=1S/C13H18O3/c1-13(2)5-6-16-10-8-12(15-4)11(14-3)7-9(10)13/h7-8H,5-6H2,1-4H3. The summed E-state index contributed by atoms with van der Waals surface area (Å²) in [6.07, 6.45) is 1.02. The molecular formula is C13H18O3. The Kier molecular flexibility index (Phi) is 2.70. The lowest BCUT2D eigenvalue weighted by Crippen LogP contribution is -2.26. The van der Waals surface area contributed by atoms with Gasteiger partial charge in [0.2, 0.25) is 0 Å². The summed E-state index contributed by atoms with van der Waals surface area (Å²) in [5.74, 6) is 2.40. The summed E-state index contributed by atoms with van der Waals surface area (Å²) in [5, 5.41) is 0. The van der Waals surface area contributed by atoms with E-state index in [2.05, 4.69) is 13.8 Å². The van der Waals surface area contributed by atoms with E-state index in [0.717, 1.165) is 30.3 Å². The van der Waals surface area contributed by atoms with Crippen LogP contribution in [0.1, 0.15) is 25.8 Å². The van der Waals surface area contributed by atoms with Crippen LogP contribution in [0.25, 0.3) is 0 Å². The van der Waals surface area contributed by atoms with Gasteiger partial charge >= 0.3 is 0 Å². The van der Waals surface area contributed by atoms with Gasteiger partial charge in [-0.25, -0.2) is 0 Å². The second-order valence-corrected chi connectivity index (χ2v) is 4.69. The second-order valence-electron chi connectivity index (χ2n) is 4.69. The highest BCUT2D eigenvalue weighted by Crippen LogP contribution is 2.44. The summed E-state index contributed by atoms with van der Waals surface area (Å²) in [6, 6.07) is 3.93. The van der Waals surface area contributed by atoms with E-state index in [4.69, 9.17) is 14.2 Å². The van der Waals surface area contributed by atoms with E-state index in [1.165, 1.54) is 5.56 Å². The molecule has 0 bridgehead atoms. The molecule has 1 heterocycles. The average molecular weight is 222 g/mol. The molecule has 1 aromatic rings. The van der Waals surface area contributed by atoms with Crippen LogP contribution < -0.4 is 14.2 Å². The molecule has 0 atom stereocenters. The number of fused-ring (bicyclic) bond motifs is 1. The molecule has 0 saturated heterocycles. The first-order chi connectivity index (χ1) is 7.58. The Morgan fingerprint density at radius 2 is 1.75 bits per heavy atom. The molecular weight excluding hydrogens is 204 g/mol. The summed E-state index contributed by atoms with van der Waals surface area (Å²) in [6.45, 7) is 5.20. The van der Waals surface area contributed by atoms with E-state index in [1.807, 2.05) is 12.1 Å². The van der Waals surface area contributed by atoms with E-state index in [0.29, 0.717) is 0 Å². The molecule has 88 valence electrons. The third-order valence-electron chi connectivity index (χ3n) is 3.20. The van der Waals surface area contributed by atoms with Crippen molar-refractivity contribution in [3.8, 4) is 17.2 Å². The first kappa shape index (κ1) is 11.1. The Morgan fingerprint density at radius 3 is 2.38 bits per heavy atom. The summed E-state index contributed by atoms with van der Waals surface area (Å²) in [5.41, 5.74) is 1.32. The number of ether oxygens (including phenoxy) is 3. The average Bonchev–Trinajstić information content (AvgIpc) is 2.27. The number of hydrogen-bond donors (Lipinski definition) is 0. The molecule has 0 fully saturated rings. The van der Waals surface area contributed by atoms with Gasteiger partial charge in [0.1, 0.15) is 5.75 Å². The molecule has 0 aliphatic carbocycles. The molecule has 1 aromatic carbocycles. The monoisotopic (exact) mass is 222 g/mol. The largest absolute Gasteiger partial charge is 0.493 e. The van der Waals surface area contributed by atoms with Gasteiger partial charge in [0.15, 0.2) is 11.5 Å². The van der Waals surface area contributed by atoms with Crippen molar-refractivity contribution in [3.05, 3.63) is 17.7 Å². The predicted molar refractivity (Wildman–Crippen MR) is 62.7 cm³/mol. The summed E-state index contributed by atoms with van der Waals surface area (Å²) in [7, 11) is 3.29. The molecule has 0 unspecified atom stereocenters. The molecule has 1 aliphatic heterocycles. The van der Waals surface area contributed by atoms with E-state index >= 15 is 0 Å². The van der Waals surface area contributed by atoms with Crippen LogP contribution in [0.2, 0.25) is 0 Å². The zero-order valence-corrected chi connectivity index (χ0v) is 10.3. The Balaban J connectivity index is 2.55. The van der Waals surface area contributed by atoms with Crippen molar-refractivity contribution in [1.29, 1.82) is 0 Å². The smallest absolute Gasteiger partial charge is 0.164 e. The van der Waals surface area contributed by atoms with Crippen molar-refractivity contribution in [2.45, 2.75) is 25.7 Å². The van der Waals surface area contributed by atoms with E-state index in [1.54, 1.807) is 14.2 Å². The maximum atomic E-state index is 5.67. The first-order valence-corrected chi connectivity index (χ1v) is 5.48. The minimum Gasteiger partial charge on any atom is -0.493 e. The SMILES string of the molecule is COc1cc2c(cc1OC)C(C)(C)CCO2. The summed E-state index contributed by atoms with van der Waals surface area (Å²) < 4.78 is 16.2. The van der Waals surface area contributed by atoms with Gasteiger partial charge in [0.25, 0.3) is 0 Å². The maximum absolute atomic E-state index is 5.67. The summed E-state index contributed by atoms with van der Waals surface area (Å²) in [4.78, 5) is 0. The zero-order chi connectivity index (χ0) is 11.8. The van der Waals surface area contributed by atoms with Crippen LogP contribution in [-0.4, -0.2) is 20.8 Å². The fraction of sp³-hybridized carbons (Fsp3) is 0.538. The quantitative estimate of drug-likeness (QED) is 0.770. The van der Waals surface area contributed by atoms with Crippen molar-refractivity contribution in [3.63, 3.8) is 0 Å². The molecule has 0 amide bonds. The van der Waals surface area contributed by atoms with Gasteiger partial charge in [-0.2, -0.15) is 0 Å². The molecule has 2 rings (SSSR count). The van der Waals surface area contributed by atoms with Crippen LogP contribution in [0.4, 0.5) is 0 Å². The Bertz CT molecular complexity index is 396. The molecule has 16 heavy (non-hydrogen) atoms. The Morgan fingerprint density at radius 1 is 1.12 bits per heavy atom. The molecule has 1 aliphatic rings. The maximum Gasteiger partial charge on any atom is 0.164 e. The van der Waals surface area contributed by atoms with E-state index in [-0.39, 0.29) is 5.41 Å². The van der Waals surface area contributed by atoms with Gasteiger partial charge in [0, 0.05) is 11.6 Å². The van der Waals surface area contributed by atoms with Crippen molar-refractivity contribution in [1.82, 2.24) is 0 Å². The van der Waals surface area contributed by atoms with Crippen molar-refractivity contribution >= 4 is 0 Å². The van der Waals surface area contributed by atoms with Gasteiger partial charge in [-0.3, -0.25) is 0 Å². The van der Waals surface area contributed by atoms with Crippen LogP contribution >= 0.6 is 0 Å². The van der Waals surface area contributed by atoms with Crippen LogP contribution in [-0.2, 0) is 5.41 Å². The molecule has 0 aromatic heterocycles. The fourth-order valence-electron chi connectivity index (χ4n) is 2.06. The van der Waals surface area contributed by atoms with E-state index < -0.39 is 0 Å². The molecule has 0 saturated carbocycles. The molecule has 3 nitrogen and oxygen atoms in total. The lowest BCUT2D eigenvalue weighted by molar-refractivity contribution is 0.231. The highest BCUT2D eigenvalue weighted by molar-refractivity contribution is 5.53. The van der Waals surface area contributed by atoms with Crippen LogP contribution in [0.15, 0.2) is 12.1 Å². The van der Waals surface area contributed by atoms with Gasteiger partial charge in [0.05, 0.1) is 20.8 Å². The predicted octanol–water partition coefficient (Wildman–Crippen LogP) is 2.76. The molecule has 3 heteroatoms. The van der Waals surface area contributed by atoms with Gasteiger partial charge < -0.3 is 14.2 Å². The normalized spacial score (nSPS) is 17.2. The van der Waals surface area contributed by atoms with Gasteiger partial charge in [-0.05, 0) is 17.9 Å². The molecule has 0 radical (unpaired) electrons. The van der Waals surface area contributed by atoms with E-state index in [9.17, 15) is 0 Å². The zero-order valence-electron chi connectivity index (χ0n) is 10.3. The Hall–Kier alpha value is -1.38. The first-order valence-electron chi connectivity index (χ1n) is 5.48. The summed E-state index contributed by atoms with van der Waals surface area (Å²) >= 11 is 0. The fourth-order valence-corrected chi connectivity index (χ4v) is 2.06. The minimum absolute atomic E-state index is 0.132. The van der Waals surface area contributed by atoms with Gasteiger partial charge in [-0.15, -0.1) is 0 Å².